The van der Waals surface area contributed by atoms with E-state index in [0.717, 1.165) is 61.8 Å². The quantitative estimate of drug-likeness (QED) is 0.475. The molecule has 0 atom stereocenters. The lowest BCUT2D eigenvalue weighted by Crippen LogP contribution is -2.30. The zero-order chi connectivity index (χ0) is 20.6. The van der Waals surface area contributed by atoms with Gasteiger partial charge in [0, 0.05) is 23.1 Å². The maximum absolute atomic E-state index is 13.5. The highest BCUT2D eigenvalue weighted by Gasteiger charge is 2.35. The molecule has 0 aliphatic heterocycles. The fourth-order valence-electron chi connectivity index (χ4n) is 5.46. The highest BCUT2D eigenvalue weighted by molar-refractivity contribution is 5.79. The van der Waals surface area contributed by atoms with Crippen molar-refractivity contribution in [3.8, 4) is 11.3 Å². The molecule has 3 nitrogen and oxygen atoms in total. The Bertz CT molecular complexity index is 1060. The average Bonchev–Trinajstić information content (AvgIpc) is 3.22. The van der Waals surface area contributed by atoms with E-state index in [-0.39, 0.29) is 11.2 Å². The molecule has 2 aromatic carbocycles. The Morgan fingerprint density at radius 1 is 1.03 bits per heavy atom. The summed E-state index contributed by atoms with van der Waals surface area (Å²) in [5.74, 6) is 0.813. The van der Waals surface area contributed by atoms with Crippen LogP contribution < -0.4 is 0 Å². The van der Waals surface area contributed by atoms with Gasteiger partial charge in [-0.3, -0.25) is 4.79 Å². The van der Waals surface area contributed by atoms with Crippen LogP contribution in [0.2, 0.25) is 0 Å². The fraction of sp³-hybridized carbons (Fsp3) is 0.385. The molecule has 5 rings (SSSR count). The van der Waals surface area contributed by atoms with Crippen LogP contribution in [0.5, 0.6) is 0 Å². The topological polar surface area (TPSA) is 43.1 Å². The van der Waals surface area contributed by atoms with E-state index in [1.54, 1.807) is 12.1 Å². The smallest absolute Gasteiger partial charge is 0.150 e. The van der Waals surface area contributed by atoms with Crippen LogP contribution in [-0.2, 0) is 24.7 Å². The van der Waals surface area contributed by atoms with Crippen molar-refractivity contribution in [1.82, 2.24) is 5.16 Å². The number of fused-ring (bicyclic) bond motifs is 3. The summed E-state index contributed by atoms with van der Waals surface area (Å²) in [5.41, 5.74) is 6.46. The van der Waals surface area contributed by atoms with Crippen molar-refractivity contribution in [2.24, 2.45) is 0 Å². The minimum atomic E-state index is -0.176. The van der Waals surface area contributed by atoms with Crippen molar-refractivity contribution in [2.45, 2.75) is 63.2 Å². The molecule has 2 aliphatic rings. The number of nitrogens with zero attached hydrogens (tertiary/aromatic N) is 1. The Kier molecular flexibility index (Phi) is 5.01. The average molecular weight is 403 g/mol. The molecule has 0 unspecified atom stereocenters. The molecule has 0 amide bonds. The predicted octanol–water partition coefficient (Wildman–Crippen LogP) is 6.23. The highest BCUT2D eigenvalue weighted by Crippen LogP contribution is 2.44. The first kappa shape index (κ1) is 19.2. The van der Waals surface area contributed by atoms with E-state index < -0.39 is 0 Å². The van der Waals surface area contributed by atoms with Crippen molar-refractivity contribution >= 4 is 6.29 Å². The number of rotatable bonds is 5. The summed E-state index contributed by atoms with van der Waals surface area (Å²) in [6.07, 6.45) is 10.5. The number of carbonyl (C=O) groups is 1. The summed E-state index contributed by atoms with van der Waals surface area (Å²) in [4.78, 5) is 11.1. The maximum Gasteiger partial charge on any atom is 0.150 e. The Labute approximate surface area is 176 Å². The third kappa shape index (κ3) is 3.38. The van der Waals surface area contributed by atoms with Crippen LogP contribution in [-0.4, -0.2) is 11.4 Å². The highest BCUT2D eigenvalue weighted by atomic mass is 19.1. The maximum atomic E-state index is 13.5. The Morgan fingerprint density at radius 3 is 2.60 bits per heavy atom. The van der Waals surface area contributed by atoms with Gasteiger partial charge in [-0.25, -0.2) is 4.39 Å². The van der Waals surface area contributed by atoms with Gasteiger partial charge in [-0.05, 0) is 66.8 Å². The minimum absolute atomic E-state index is 0.0943. The van der Waals surface area contributed by atoms with Crippen molar-refractivity contribution in [3.63, 3.8) is 0 Å². The lowest BCUT2D eigenvalue weighted by Gasteiger charge is -2.38. The largest absolute Gasteiger partial charge is 0.360 e. The summed E-state index contributed by atoms with van der Waals surface area (Å²) in [6.45, 7) is 0. The number of benzene rings is 2. The molecule has 0 radical (unpaired) electrons. The van der Waals surface area contributed by atoms with Crippen molar-refractivity contribution in [2.75, 3.05) is 0 Å². The molecule has 30 heavy (non-hydrogen) atoms. The summed E-state index contributed by atoms with van der Waals surface area (Å²) < 4.78 is 19.3. The molecule has 0 N–H and O–H groups in total. The van der Waals surface area contributed by atoms with E-state index >= 15 is 0 Å². The number of carbonyl (C=O) groups excluding carboxylic acids is 1. The number of aromatic nitrogens is 1. The molecule has 1 saturated carbocycles. The normalized spacial score (nSPS) is 17.2. The van der Waals surface area contributed by atoms with E-state index in [0.29, 0.717) is 5.56 Å². The van der Waals surface area contributed by atoms with E-state index in [1.807, 2.05) is 30.3 Å². The van der Waals surface area contributed by atoms with Crippen LogP contribution in [0.25, 0.3) is 11.3 Å². The molecule has 1 fully saturated rings. The first-order valence-corrected chi connectivity index (χ1v) is 11.0. The van der Waals surface area contributed by atoms with E-state index in [1.165, 1.54) is 36.0 Å². The van der Waals surface area contributed by atoms with Crippen LogP contribution in [0.1, 0.15) is 71.3 Å². The Morgan fingerprint density at radius 2 is 1.83 bits per heavy atom. The van der Waals surface area contributed by atoms with Crippen LogP contribution in [0.15, 0.2) is 47.0 Å². The van der Waals surface area contributed by atoms with Crippen molar-refractivity contribution in [1.29, 1.82) is 0 Å². The summed E-state index contributed by atoms with van der Waals surface area (Å²) in [6, 6.07) is 12.9. The first-order valence-electron chi connectivity index (χ1n) is 11.0. The Hall–Kier alpha value is -2.75. The Balaban J connectivity index is 1.41. The molecular weight excluding hydrogens is 377 g/mol. The molecule has 0 bridgehead atoms. The van der Waals surface area contributed by atoms with Crippen LogP contribution in [0.3, 0.4) is 0 Å². The van der Waals surface area contributed by atoms with Gasteiger partial charge in [-0.2, -0.15) is 0 Å². The molecule has 154 valence electrons. The van der Waals surface area contributed by atoms with Gasteiger partial charge in [-0.1, -0.05) is 48.7 Å². The monoisotopic (exact) mass is 403 g/mol. The van der Waals surface area contributed by atoms with Gasteiger partial charge in [0.2, 0.25) is 0 Å². The second-order valence-corrected chi connectivity index (χ2v) is 8.82. The number of hydrogen-bond donors (Lipinski definition) is 0. The van der Waals surface area contributed by atoms with Gasteiger partial charge < -0.3 is 4.52 Å². The molecule has 1 heterocycles. The number of aryl methyl sites for hydroxylation is 2. The molecule has 3 aromatic rings. The molecule has 1 aromatic heterocycles. The van der Waals surface area contributed by atoms with Crippen LogP contribution in [0.4, 0.5) is 4.39 Å². The molecule has 0 saturated heterocycles. The number of hydrogen-bond acceptors (Lipinski definition) is 3. The lowest BCUT2D eigenvalue weighted by atomic mass is 9.66. The summed E-state index contributed by atoms with van der Waals surface area (Å²) in [5, 5.41) is 4.41. The summed E-state index contributed by atoms with van der Waals surface area (Å²) >= 11 is 0. The lowest BCUT2D eigenvalue weighted by molar-refractivity contribution is 0.112. The van der Waals surface area contributed by atoms with Gasteiger partial charge >= 0.3 is 0 Å². The van der Waals surface area contributed by atoms with Crippen LogP contribution in [0, 0.1) is 5.82 Å². The first-order chi connectivity index (χ1) is 14.7. The van der Waals surface area contributed by atoms with E-state index in [4.69, 9.17) is 4.52 Å². The number of halogens is 1. The molecule has 0 spiro atoms. The van der Waals surface area contributed by atoms with Gasteiger partial charge in [0.05, 0.1) is 0 Å². The summed E-state index contributed by atoms with van der Waals surface area (Å²) in [7, 11) is 0. The zero-order valence-corrected chi connectivity index (χ0v) is 17.1. The van der Waals surface area contributed by atoms with Gasteiger partial charge in [0.25, 0.3) is 0 Å². The third-order valence-electron chi connectivity index (χ3n) is 7.13. The second kappa shape index (κ2) is 7.82. The second-order valence-electron chi connectivity index (χ2n) is 8.82. The fourth-order valence-corrected chi connectivity index (χ4v) is 5.46. The van der Waals surface area contributed by atoms with Crippen molar-refractivity contribution in [3.05, 3.63) is 76.3 Å². The minimum Gasteiger partial charge on any atom is -0.360 e. The number of aldehydes is 1. The zero-order valence-electron chi connectivity index (χ0n) is 17.1. The SMILES string of the molecule is O=Cc1ccc2c(c1)CCc1c-2noc1CCC1(c2ccc(F)cc2)CCCCC1. The van der Waals surface area contributed by atoms with E-state index in [9.17, 15) is 9.18 Å². The third-order valence-corrected chi connectivity index (χ3v) is 7.13. The van der Waals surface area contributed by atoms with Gasteiger partial charge in [0.15, 0.2) is 0 Å². The molecule has 2 aliphatic carbocycles. The van der Waals surface area contributed by atoms with Gasteiger partial charge in [0.1, 0.15) is 23.6 Å². The van der Waals surface area contributed by atoms with Crippen molar-refractivity contribution < 1.29 is 13.7 Å². The van der Waals surface area contributed by atoms with Gasteiger partial charge in [-0.15, -0.1) is 0 Å². The molecule has 4 heteroatoms. The predicted molar refractivity (Wildman–Crippen MR) is 114 cm³/mol. The standard InChI is InChI=1S/C26H26FNO2/c27-21-8-6-20(7-9-21)26(13-2-1-3-14-26)15-12-24-23-11-5-19-16-18(17-29)4-10-22(19)25(23)28-30-24/h4,6-10,16-17H,1-3,5,11-15H2. The molecular formula is C26H26FNO2. The van der Waals surface area contributed by atoms with Crippen LogP contribution >= 0.6 is 0 Å². The van der Waals surface area contributed by atoms with E-state index in [2.05, 4.69) is 5.16 Å².